The summed E-state index contributed by atoms with van der Waals surface area (Å²) in [5.41, 5.74) is 2.71. The zero-order chi connectivity index (χ0) is 23.3. The average Bonchev–Trinajstić information content (AvgIpc) is 3.24. The minimum absolute atomic E-state index is 0.0563. The molecule has 172 valence electrons. The standard InChI is InChI=1S/C25H33N3O4/c1-16(2)13-26-24(29)21-15-28(25(30)27-18-11-9-17(3)10-12-18)14-20(21)19-7-6-8-22(31-4)23(19)32-5/h6-12,16,20-21H,13-15H2,1-5H3,(H,26,29)(H,27,30)/t20-,21+/m0/s1. The average molecular weight is 440 g/mol. The van der Waals surface area contributed by atoms with E-state index in [0.717, 1.165) is 16.8 Å². The molecule has 32 heavy (non-hydrogen) atoms. The summed E-state index contributed by atoms with van der Waals surface area (Å²) in [5, 5.41) is 5.98. The fourth-order valence-electron chi connectivity index (χ4n) is 4.03. The molecule has 0 radical (unpaired) electrons. The predicted octanol–water partition coefficient (Wildman–Crippen LogP) is 4.03. The Kier molecular flexibility index (Phi) is 7.62. The Hall–Kier alpha value is -3.22. The van der Waals surface area contributed by atoms with Crippen LogP contribution in [0.1, 0.15) is 30.9 Å². The molecular formula is C25H33N3O4. The monoisotopic (exact) mass is 439 g/mol. The summed E-state index contributed by atoms with van der Waals surface area (Å²) in [7, 11) is 3.18. The highest BCUT2D eigenvalue weighted by molar-refractivity contribution is 5.91. The second-order valence-corrected chi connectivity index (χ2v) is 8.64. The number of ether oxygens (including phenoxy) is 2. The number of anilines is 1. The fourth-order valence-corrected chi connectivity index (χ4v) is 4.03. The topological polar surface area (TPSA) is 79.9 Å². The molecule has 0 aliphatic carbocycles. The summed E-state index contributed by atoms with van der Waals surface area (Å²) >= 11 is 0. The van der Waals surface area contributed by atoms with Crippen LogP contribution < -0.4 is 20.1 Å². The Labute approximate surface area is 190 Å². The zero-order valence-corrected chi connectivity index (χ0v) is 19.5. The highest BCUT2D eigenvalue weighted by Gasteiger charge is 2.42. The van der Waals surface area contributed by atoms with Crippen LogP contribution in [0.4, 0.5) is 10.5 Å². The molecular weight excluding hydrogens is 406 g/mol. The van der Waals surface area contributed by atoms with Crippen LogP contribution in [-0.2, 0) is 4.79 Å². The van der Waals surface area contributed by atoms with Crippen molar-refractivity contribution in [1.29, 1.82) is 0 Å². The van der Waals surface area contributed by atoms with Gasteiger partial charge in [0.25, 0.3) is 0 Å². The number of rotatable bonds is 7. The quantitative estimate of drug-likeness (QED) is 0.683. The van der Waals surface area contributed by atoms with Gasteiger partial charge in [-0.3, -0.25) is 4.79 Å². The number of hydrogen-bond donors (Lipinski definition) is 2. The Morgan fingerprint density at radius 3 is 2.41 bits per heavy atom. The lowest BCUT2D eigenvalue weighted by atomic mass is 9.87. The minimum Gasteiger partial charge on any atom is -0.493 e. The van der Waals surface area contributed by atoms with E-state index in [0.29, 0.717) is 37.1 Å². The number of benzene rings is 2. The molecule has 0 saturated carbocycles. The molecule has 0 unspecified atom stereocenters. The lowest BCUT2D eigenvalue weighted by molar-refractivity contribution is -0.125. The van der Waals surface area contributed by atoms with Gasteiger partial charge in [0, 0.05) is 36.8 Å². The van der Waals surface area contributed by atoms with Crippen molar-refractivity contribution in [2.45, 2.75) is 26.7 Å². The summed E-state index contributed by atoms with van der Waals surface area (Å²) in [5.74, 6) is 0.885. The number of carbonyl (C=O) groups is 2. The molecule has 1 aliphatic heterocycles. The Morgan fingerprint density at radius 1 is 1.06 bits per heavy atom. The van der Waals surface area contributed by atoms with Crippen LogP contribution in [0.25, 0.3) is 0 Å². The number of urea groups is 1. The molecule has 2 aromatic rings. The molecule has 1 heterocycles. The van der Waals surface area contributed by atoms with Crippen molar-refractivity contribution in [2.75, 3.05) is 39.2 Å². The van der Waals surface area contributed by atoms with Gasteiger partial charge in [-0.2, -0.15) is 0 Å². The normalized spacial score (nSPS) is 17.9. The third-order valence-corrected chi connectivity index (χ3v) is 5.76. The summed E-state index contributed by atoms with van der Waals surface area (Å²) in [6.07, 6.45) is 0. The van der Waals surface area contributed by atoms with Crippen molar-refractivity contribution in [2.24, 2.45) is 11.8 Å². The van der Waals surface area contributed by atoms with Gasteiger partial charge in [-0.05, 0) is 31.0 Å². The van der Waals surface area contributed by atoms with Crippen molar-refractivity contribution >= 4 is 17.6 Å². The zero-order valence-electron chi connectivity index (χ0n) is 19.5. The Bertz CT molecular complexity index is 943. The lowest BCUT2D eigenvalue weighted by Crippen LogP contribution is -2.38. The number of nitrogens with one attached hydrogen (secondary N) is 2. The van der Waals surface area contributed by atoms with Gasteiger partial charge in [0.05, 0.1) is 20.1 Å². The van der Waals surface area contributed by atoms with E-state index in [1.165, 1.54) is 0 Å². The van der Waals surface area contributed by atoms with E-state index in [4.69, 9.17) is 9.47 Å². The van der Waals surface area contributed by atoms with Gasteiger partial charge < -0.3 is 25.0 Å². The third kappa shape index (κ3) is 5.33. The fraction of sp³-hybridized carbons (Fsp3) is 0.440. The highest BCUT2D eigenvalue weighted by Crippen LogP contribution is 2.42. The van der Waals surface area contributed by atoms with E-state index >= 15 is 0 Å². The van der Waals surface area contributed by atoms with Crippen molar-refractivity contribution < 1.29 is 19.1 Å². The second kappa shape index (κ2) is 10.4. The van der Waals surface area contributed by atoms with E-state index in [9.17, 15) is 9.59 Å². The SMILES string of the molecule is COc1cccc([C@@H]2CN(C(=O)Nc3ccc(C)cc3)C[C@H]2C(=O)NCC(C)C)c1OC. The van der Waals surface area contributed by atoms with Crippen LogP contribution in [0.15, 0.2) is 42.5 Å². The van der Waals surface area contributed by atoms with E-state index in [1.807, 2.05) is 49.4 Å². The lowest BCUT2D eigenvalue weighted by Gasteiger charge is -2.22. The third-order valence-electron chi connectivity index (χ3n) is 5.76. The van der Waals surface area contributed by atoms with E-state index < -0.39 is 5.92 Å². The van der Waals surface area contributed by atoms with Gasteiger partial charge in [0.2, 0.25) is 5.91 Å². The van der Waals surface area contributed by atoms with Gasteiger partial charge in [-0.1, -0.05) is 43.7 Å². The largest absolute Gasteiger partial charge is 0.493 e. The number of hydrogen-bond acceptors (Lipinski definition) is 4. The number of para-hydroxylation sites is 1. The molecule has 2 atom stereocenters. The first-order chi connectivity index (χ1) is 15.3. The summed E-state index contributed by atoms with van der Waals surface area (Å²) in [6, 6.07) is 13.1. The molecule has 1 saturated heterocycles. The van der Waals surface area contributed by atoms with E-state index in [1.54, 1.807) is 19.1 Å². The molecule has 7 heteroatoms. The predicted molar refractivity (Wildman–Crippen MR) is 125 cm³/mol. The maximum Gasteiger partial charge on any atom is 0.321 e. The number of nitrogens with zero attached hydrogens (tertiary/aromatic N) is 1. The van der Waals surface area contributed by atoms with E-state index in [-0.39, 0.29) is 17.9 Å². The van der Waals surface area contributed by atoms with Gasteiger partial charge in [0.15, 0.2) is 11.5 Å². The van der Waals surface area contributed by atoms with Gasteiger partial charge in [0.1, 0.15) is 0 Å². The van der Waals surface area contributed by atoms with Crippen LogP contribution in [0.3, 0.4) is 0 Å². The summed E-state index contributed by atoms with van der Waals surface area (Å²) in [4.78, 5) is 27.8. The number of carbonyl (C=O) groups excluding carboxylic acids is 2. The van der Waals surface area contributed by atoms with Gasteiger partial charge in [-0.15, -0.1) is 0 Å². The van der Waals surface area contributed by atoms with Crippen LogP contribution in [0.5, 0.6) is 11.5 Å². The molecule has 0 spiro atoms. The van der Waals surface area contributed by atoms with Gasteiger partial charge in [-0.25, -0.2) is 4.79 Å². The van der Waals surface area contributed by atoms with Gasteiger partial charge >= 0.3 is 6.03 Å². The molecule has 7 nitrogen and oxygen atoms in total. The molecule has 2 aromatic carbocycles. The van der Waals surface area contributed by atoms with Crippen LogP contribution in [0.2, 0.25) is 0 Å². The first kappa shape index (κ1) is 23.4. The second-order valence-electron chi connectivity index (χ2n) is 8.64. The van der Waals surface area contributed by atoms with Crippen molar-refractivity contribution in [3.8, 4) is 11.5 Å². The van der Waals surface area contributed by atoms with Crippen molar-refractivity contribution in [1.82, 2.24) is 10.2 Å². The number of likely N-dealkylation sites (tertiary alicyclic amines) is 1. The van der Waals surface area contributed by atoms with E-state index in [2.05, 4.69) is 24.5 Å². The first-order valence-corrected chi connectivity index (χ1v) is 10.9. The summed E-state index contributed by atoms with van der Waals surface area (Å²) < 4.78 is 11.1. The minimum atomic E-state index is -0.390. The van der Waals surface area contributed by atoms with Crippen LogP contribution in [0, 0.1) is 18.8 Å². The maximum atomic E-state index is 13.1. The number of methoxy groups -OCH3 is 2. The number of amides is 3. The Morgan fingerprint density at radius 2 is 1.78 bits per heavy atom. The first-order valence-electron chi connectivity index (χ1n) is 10.9. The highest BCUT2D eigenvalue weighted by atomic mass is 16.5. The van der Waals surface area contributed by atoms with Crippen molar-refractivity contribution in [3.05, 3.63) is 53.6 Å². The molecule has 1 fully saturated rings. The Balaban J connectivity index is 1.86. The molecule has 0 aromatic heterocycles. The summed E-state index contributed by atoms with van der Waals surface area (Å²) in [6.45, 7) is 7.43. The smallest absolute Gasteiger partial charge is 0.321 e. The molecule has 3 rings (SSSR count). The molecule has 0 bridgehead atoms. The van der Waals surface area contributed by atoms with Crippen LogP contribution in [-0.4, -0.2) is 50.7 Å². The maximum absolute atomic E-state index is 13.1. The molecule has 1 aliphatic rings. The molecule has 3 amide bonds. The number of aryl methyl sites for hydroxylation is 1. The van der Waals surface area contributed by atoms with Crippen LogP contribution >= 0.6 is 0 Å². The molecule has 2 N–H and O–H groups in total. The van der Waals surface area contributed by atoms with Crippen molar-refractivity contribution in [3.63, 3.8) is 0 Å².